The smallest absolute Gasteiger partial charge is 0.246 e. The van der Waals surface area contributed by atoms with Crippen molar-refractivity contribution in [2.45, 2.75) is 12.5 Å². The number of halogens is 3. The Morgan fingerprint density at radius 2 is 1.90 bits per heavy atom. The van der Waals surface area contributed by atoms with Crippen molar-refractivity contribution in [3.63, 3.8) is 0 Å². The van der Waals surface area contributed by atoms with Crippen LogP contribution in [0.4, 0.5) is 30.5 Å². The Kier molecular flexibility index (Phi) is 5.14. The van der Waals surface area contributed by atoms with E-state index in [1.807, 2.05) is 20.2 Å². The maximum absolute atomic E-state index is 14.2. The van der Waals surface area contributed by atoms with Gasteiger partial charge in [-0.25, -0.2) is 17.9 Å². The Hall–Kier alpha value is -3.07. The summed E-state index contributed by atoms with van der Waals surface area (Å²) in [6.07, 6.45) is 2.32. The van der Waals surface area contributed by atoms with Crippen LogP contribution in [0.5, 0.6) is 0 Å². The average molecular weight is 402 g/mol. The van der Waals surface area contributed by atoms with Crippen LogP contribution >= 0.6 is 0 Å². The van der Waals surface area contributed by atoms with Crippen molar-refractivity contribution in [1.29, 1.82) is 0 Å². The number of nitrogens with one attached hydrogen (secondary N) is 1. The highest BCUT2D eigenvalue weighted by Crippen LogP contribution is 2.27. The quantitative estimate of drug-likeness (QED) is 0.707. The molecule has 3 aromatic rings. The molecule has 9 heteroatoms. The van der Waals surface area contributed by atoms with E-state index in [1.165, 1.54) is 29.2 Å². The van der Waals surface area contributed by atoms with Crippen LogP contribution in [0.2, 0.25) is 0 Å². The molecule has 1 saturated heterocycles. The monoisotopic (exact) mass is 402 g/mol. The zero-order chi connectivity index (χ0) is 20.5. The molecule has 4 rings (SSSR count). The van der Waals surface area contributed by atoms with Gasteiger partial charge in [0.2, 0.25) is 5.95 Å². The summed E-state index contributed by atoms with van der Waals surface area (Å²) >= 11 is 0. The molecule has 0 radical (unpaired) electrons. The average Bonchev–Trinajstić information content (AvgIpc) is 3.31. The van der Waals surface area contributed by atoms with Crippen molar-refractivity contribution in [2.24, 2.45) is 0 Å². The number of aromatic nitrogens is 3. The number of benzene rings is 2. The second-order valence-electron chi connectivity index (χ2n) is 7.28. The fourth-order valence-electron chi connectivity index (χ4n) is 3.46. The van der Waals surface area contributed by atoms with Gasteiger partial charge in [-0.15, -0.1) is 5.10 Å². The number of hydrogen-bond donors (Lipinski definition) is 1. The van der Waals surface area contributed by atoms with Crippen LogP contribution in [0.15, 0.2) is 42.7 Å². The molecular weight excluding hydrogens is 381 g/mol. The van der Waals surface area contributed by atoms with Crippen molar-refractivity contribution in [2.75, 3.05) is 37.4 Å². The third-order valence-corrected chi connectivity index (χ3v) is 5.05. The largest absolute Gasteiger partial charge is 0.370 e. The van der Waals surface area contributed by atoms with E-state index >= 15 is 0 Å². The summed E-state index contributed by atoms with van der Waals surface area (Å²) in [5.74, 6) is -1.62. The predicted octanol–water partition coefficient (Wildman–Crippen LogP) is 3.57. The van der Waals surface area contributed by atoms with Gasteiger partial charge < -0.3 is 15.1 Å². The first-order chi connectivity index (χ1) is 13.9. The van der Waals surface area contributed by atoms with Crippen molar-refractivity contribution in [1.82, 2.24) is 19.7 Å². The number of hydrogen-bond acceptors (Lipinski definition) is 5. The first kappa shape index (κ1) is 19.3. The second-order valence-corrected chi connectivity index (χ2v) is 7.28. The molecular formula is C20H21F3N6. The van der Waals surface area contributed by atoms with E-state index in [0.29, 0.717) is 11.7 Å². The number of nitrogens with zero attached hydrogens (tertiary/aromatic N) is 5. The minimum Gasteiger partial charge on any atom is -0.370 e. The summed E-state index contributed by atoms with van der Waals surface area (Å²) in [6.45, 7) is 1.68. The van der Waals surface area contributed by atoms with Crippen molar-refractivity contribution >= 4 is 17.3 Å². The first-order valence-corrected chi connectivity index (χ1v) is 9.25. The predicted molar refractivity (Wildman–Crippen MR) is 105 cm³/mol. The van der Waals surface area contributed by atoms with Gasteiger partial charge in [-0.3, -0.25) is 0 Å². The molecule has 1 aromatic heterocycles. The molecule has 1 fully saturated rings. The number of anilines is 3. The molecule has 1 aliphatic heterocycles. The highest BCUT2D eigenvalue weighted by Gasteiger charge is 2.24. The van der Waals surface area contributed by atoms with Crippen LogP contribution in [0, 0.1) is 17.5 Å². The van der Waals surface area contributed by atoms with Crippen molar-refractivity contribution in [3.8, 4) is 5.69 Å². The lowest BCUT2D eigenvalue weighted by atomic mass is 10.2. The van der Waals surface area contributed by atoms with Crippen LogP contribution in [0.25, 0.3) is 5.69 Å². The zero-order valence-corrected chi connectivity index (χ0v) is 16.1. The SMILES string of the molecule is CN(C)C1CCN(c2cc(F)cc(Nc3ncn(-c4ccc(F)cc4F)n3)c2)C1. The van der Waals surface area contributed by atoms with Crippen LogP contribution in [-0.2, 0) is 0 Å². The van der Waals surface area contributed by atoms with Gasteiger partial charge >= 0.3 is 0 Å². The molecule has 0 aliphatic carbocycles. The summed E-state index contributed by atoms with van der Waals surface area (Å²) in [5.41, 5.74) is 1.34. The maximum Gasteiger partial charge on any atom is 0.246 e. The van der Waals surface area contributed by atoms with Gasteiger partial charge in [0, 0.05) is 36.6 Å². The Morgan fingerprint density at radius 1 is 1.07 bits per heavy atom. The lowest BCUT2D eigenvalue weighted by Gasteiger charge is -2.22. The van der Waals surface area contributed by atoms with E-state index in [0.717, 1.165) is 37.3 Å². The molecule has 2 heterocycles. The van der Waals surface area contributed by atoms with Crippen molar-refractivity contribution in [3.05, 3.63) is 60.2 Å². The van der Waals surface area contributed by atoms with Gasteiger partial charge in [0.15, 0.2) is 5.82 Å². The molecule has 1 unspecified atom stereocenters. The van der Waals surface area contributed by atoms with Gasteiger partial charge in [0.1, 0.15) is 23.6 Å². The normalized spacial score (nSPS) is 16.6. The van der Waals surface area contributed by atoms with E-state index in [-0.39, 0.29) is 17.5 Å². The molecule has 1 atom stereocenters. The summed E-state index contributed by atoms with van der Waals surface area (Å²) in [7, 11) is 4.08. The fraction of sp³-hybridized carbons (Fsp3) is 0.300. The number of rotatable bonds is 5. The first-order valence-electron chi connectivity index (χ1n) is 9.25. The van der Waals surface area contributed by atoms with Crippen molar-refractivity contribution < 1.29 is 13.2 Å². The summed E-state index contributed by atoms with van der Waals surface area (Å²) in [5, 5.41) is 7.09. The summed E-state index contributed by atoms with van der Waals surface area (Å²) in [4.78, 5) is 8.39. The van der Waals surface area contributed by atoms with Crippen LogP contribution in [-0.4, -0.2) is 52.9 Å². The highest BCUT2D eigenvalue weighted by molar-refractivity contribution is 5.62. The third kappa shape index (κ3) is 4.19. The number of likely N-dealkylation sites (N-methyl/N-ethyl adjacent to an activating group) is 1. The van der Waals surface area contributed by atoms with Gasteiger partial charge in [0.25, 0.3) is 0 Å². The van der Waals surface area contributed by atoms with E-state index < -0.39 is 11.6 Å². The fourth-order valence-corrected chi connectivity index (χ4v) is 3.46. The molecule has 1 N–H and O–H groups in total. The Balaban J connectivity index is 1.53. The molecule has 0 saturated carbocycles. The molecule has 2 aromatic carbocycles. The molecule has 0 amide bonds. The zero-order valence-electron chi connectivity index (χ0n) is 16.1. The third-order valence-electron chi connectivity index (χ3n) is 5.05. The molecule has 0 spiro atoms. The summed E-state index contributed by atoms with van der Waals surface area (Å²) in [6, 6.07) is 8.31. The standard InChI is InChI=1S/C20H21F3N6/c1-27(2)16-5-6-28(11-16)17-8-14(22)7-15(10-17)25-20-24-12-29(26-20)19-4-3-13(21)9-18(19)23/h3-4,7-10,12,16H,5-6,11H2,1-2H3,(H,25,26). The molecule has 152 valence electrons. The topological polar surface area (TPSA) is 49.2 Å². The Labute approximate surface area is 166 Å². The molecule has 1 aliphatic rings. The maximum atomic E-state index is 14.2. The minimum atomic E-state index is -0.751. The molecule has 0 bridgehead atoms. The lowest BCUT2D eigenvalue weighted by Crippen LogP contribution is -2.31. The van der Waals surface area contributed by atoms with Crippen LogP contribution in [0.1, 0.15) is 6.42 Å². The van der Waals surface area contributed by atoms with E-state index in [2.05, 4.69) is 25.2 Å². The second kappa shape index (κ2) is 7.75. The van der Waals surface area contributed by atoms with Gasteiger partial charge in [-0.2, -0.15) is 4.98 Å². The van der Waals surface area contributed by atoms with Gasteiger partial charge in [-0.1, -0.05) is 0 Å². The summed E-state index contributed by atoms with van der Waals surface area (Å²) < 4.78 is 42.4. The molecule has 6 nitrogen and oxygen atoms in total. The van der Waals surface area contributed by atoms with Crippen LogP contribution in [0.3, 0.4) is 0 Å². The lowest BCUT2D eigenvalue weighted by molar-refractivity contribution is 0.315. The van der Waals surface area contributed by atoms with Gasteiger partial charge in [0.05, 0.1) is 0 Å². The van der Waals surface area contributed by atoms with E-state index in [4.69, 9.17) is 0 Å². The van der Waals surface area contributed by atoms with E-state index in [9.17, 15) is 13.2 Å². The van der Waals surface area contributed by atoms with E-state index in [1.54, 1.807) is 0 Å². The minimum absolute atomic E-state index is 0.0682. The van der Waals surface area contributed by atoms with Gasteiger partial charge in [-0.05, 0) is 50.8 Å². The molecule has 29 heavy (non-hydrogen) atoms. The highest BCUT2D eigenvalue weighted by atomic mass is 19.1. The Morgan fingerprint density at radius 3 is 2.62 bits per heavy atom. The Bertz CT molecular complexity index is 1020. The van der Waals surface area contributed by atoms with Crippen LogP contribution < -0.4 is 10.2 Å².